The zero-order valence-electron chi connectivity index (χ0n) is 10.2. The predicted molar refractivity (Wildman–Crippen MR) is 67.1 cm³/mol. The van der Waals surface area contributed by atoms with Crippen molar-refractivity contribution in [2.45, 2.75) is 18.4 Å². The van der Waals surface area contributed by atoms with Gasteiger partial charge in [-0.05, 0) is 18.6 Å². The van der Waals surface area contributed by atoms with Crippen LogP contribution in [0, 0.1) is 6.92 Å². The van der Waals surface area contributed by atoms with Gasteiger partial charge in [0.1, 0.15) is 4.90 Å². The molecule has 2 N–H and O–H groups in total. The summed E-state index contributed by atoms with van der Waals surface area (Å²) in [6.07, 6.45) is 5.53. The van der Waals surface area contributed by atoms with E-state index < -0.39 is 9.84 Å². The van der Waals surface area contributed by atoms with Crippen molar-refractivity contribution < 1.29 is 8.42 Å². The highest BCUT2D eigenvalue weighted by Gasteiger charge is 2.13. The molecule has 0 spiro atoms. The van der Waals surface area contributed by atoms with Crippen LogP contribution in [0.3, 0.4) is 0 Å². The quantitative estimate of drug-likeness (QED) is 0.870. The Morgan fingerprint density at radius 1 is 1.44 bits per heavy atom. The van der Waals surface area contributed by atoms with Crippen LogP contribution in [0.5, 0.6) is 0 Å². The van der Waals surface area contributed by atoms with Crippen molar-refractivity contribution in [2.24, 2.45) is 5.73 Å². The van der Waals surface area contributed by atoms with E-state index in [0.29, 0.717) is 12.4 Å². The summed E-state index contributed by atoms with van der Waals surface area (Å²) in [6.45, 7) is 2.25. The maximum atomic E-state index is 11.4. The van der Waals surface area contributed by atoms with Crippen LogP contribution in [0.2, 0.25) is 0 Å². The molecule has 2 aromatic rings. The van der Waals surface area contributed by atoms with E-state index >= 15 is 0 Å². The van der Waals surface area contributed by atoms with E-state index in [0.717, 1.165) is 17.4 Å². The zero-order valence-corrected chi connectivity index (χ0v) is 11.0. The number of rotatable bonds is 3. The first-order valence-electron chi connectivity index (χ1n) is 5.33. The van der Waals surface area contributed by atoms with Crippen LogP contribution in [0.4, 0.5) is 0 Å². The van der Waals surface area contributed by atoms with Crippen molar-refractivity contribution in [1.82, 2.24) is 14.8 Å². The van der Waals surface area contributed by atoms with Crippen molar-refractivity contribution in [3.05, 3.63) is 35.8 Å². The fourth-order valence-corrected chi connectivity index (χ4v) is 2.17. The highest BCUT2D eigenvalue weighted by atomic mass is 32.2. The maximum Gasteiger partial charge on any atom is 0.178 e. The first-order valence-corrected chi connectivity index (χ1v) is 7.22. The molecule has 0 aliphatic rings. The van der Waals surface area contributed by atoms with Crippen molar-refractivity contribution in [1.29, 1.82) is 0 Å². The molecule has 0 aliphatic carbocycles. The number of hydrogen-bond donors (Lipinski definition) is 1. The van der Waals surface area contributed by atoms with Crippen LogP contribution >= 0.6 is 0 Å². The fourth-order valence-electron chi connectivity index (χ4n) is 1.64. The number of aromatic nitrogens is 3. The molecule has 0 bridgehead atoms. The van der Waals surface area contributed by atoms with Gasteiger partial charge in [-0.25, -0.2) is 18.1 Å². The lowest BCUT2D eigenvalue weighted by Crippen LogP contribution is -2.09. The van der Waals surface area contributed by atoms with E-state index in [-0.39, 0.29) is 4.90 Å². The second-order valence-electron chi connectivity index (χ2n) is 4.03. The Morgan fingerprint density at radius 3 is 2.72 bits per heavy atom. The third-order valence-corrected chi connectivity index (χ3v) is 3.74. The van der Waals surface area contributed by atoms with E-state index in [1.54, 1.807) is 6.20 Å². The molecule has 2 rings (SSSR count). The predicted octanol–water partition coefficient (Wildman–Crippen LogP) is 0.438. The normalized spacial score (nSPS) is 11.7. The molecule has 0 atom stereocenters. The summed E-state index contributed by atoms with van der Waals surface area (Å²) >= 11 is 0. The average Bonchev–Trinajstić information content (AvgIpc) is 2.77. The van der Waals surface area contributed by atoms with Crippen molar-refractivity contribution in [3.8, 4) is 5.82 Å². The highest BCUT2D eigenvalue weighted by Crippen LogP contribution is 2.16. The largest absolute Gasteiger partial charge is 0.326 e. The van der Waals surface area contributed by atoms with Crippen LogP contribution in [0.15, 0.2) is 29.6 Å². The molecule has 0 saturated heterocycles. The Hall–Kier alpha value is -1.73. The van der Waals surface area contributed by atoms with Gasteiger partial charge in [0.2, 0.25) is 0 Å². The van der Waals surface area contributed by atoms with E-state index in [2.05, 4.69) is 10.1 Å². The number of nitrogens with two attached hydrogens (primary N) is 1. The lowest BCUT2D eigenvalue weighted by atomic mass is 10.1. The van der Waals surface area contributed by atoms with Gasteiger partial charge in [-0.15, -0.1) is 0 Å². The summed E-state index contributed by atoms with van der Waals surface area (Å²) in [5, 5.41) is 4.02. The Kier molecular flexibility index (Phi) is 3.18. The number of nitrogens with zero attached hydrogens (tertiary/aromatic N) is 3. The maximum absolute atomic E-state index is 11.4. The SMILES string of the molecule is Cc1ccnc(-n2cc(S(C)(=O)=O)cn2)c1CN. The van der Waals surface area contributed by atoms with E-state index in [1.165, 1.54) is 17.1 Å². The second-order valence-corrected chi connectivity index (χ2v) is 6.04. The molecular formula is C11H14N4O2S. The lowest BCUT2D eigenvalue weighted by Gasteiger charge is -2.08. The van der Waals surface area contributed by atoms with Gasteiger partial charge in [0.15, 0.2) is 15.7 Å². The minimum absolute atomic E-state index is 0.161. The van der Waals surface area contributed by atoms with E-state index in [9.17, 15) is 8.42 Å². The third kappa shape index (κ3) is 2.27. The van der Waals surface area contributed by atoms with Gasteiger partial charge in [-0.2, -0.15) is 5.10 Å². The molecule has 0 fully saturated rings. The molecule has 7 heteroatoms. The van der Waals surface area contributed by atoms with E-state index in [4.69, 9.17) is 5.73 Å². The third-order valence-electron chi connectivity index (χ3n) is 2.68. The minimum Gasteiger partial charge on any atom is -0.326 e. The summed E-state index contributed by atoms with van der Waals surface area (Å²) in [6, 6.07) is 1.85. The van der Waals surface area contributed by atoms with Crippen LogP contribution in [0.25, 0.3) is 5.82 Å². The smallest absolute Gasteiger partial charge is 0.178 e. The van der Waals surface area contributed by atoms with Crippen LogP contribution in [-0.4, -0.2) is 29.4 Å². The first kappa shape index (κ1) is 12.7. The molecule has 2 heterocycles. The Balaban J connectivity index is 2.57. The zero-order chi connectivity index (χ0) is 13.3. The lowest BCUT2D eigenvalue weighted by molar-refractivity contribution is 0.602. The van der Waals surface area contributed by atoms with Crippen molar-refractivity contribution >= 4 is 9.84 Å². The van der Waals surface area contributed by atoms with Crippen LogP contribution in [-0.2, 0) is 16.4 Å². The summed E-state index contributed by atoms with van der Waals surface area (Å²) in [4.78, 5) is 4.36. The van der Waals surface area contributed by atoms with Gasteiger partial charge in [-0.3, -0.25) is 0 Å². The van der Waals surface area contributed by atoms with Crippen LogP contribution in [0.1, 0.15) is 11.1 Å². The summed E-state index contributed by atoms with van der Waals surface area (Å²) in [7, 11) is -3.26. The van der Waals surface area contributed by atoms with Gasteiger partial charge in [0.05, 0.1) is 12.4 Å². The number of aryl methyl sites for hydroxylation is 1. The fraction of sp³-hybridized carbons (Fsp3) is 0.273. The van der Waals surface area contributed by atoms with Crippen molar-refractivity contribution in [2.75, 3.05) is 6.26 Å². The first-order chi connectivity index (χ1) is 8.43. The summed E-state index contributed by atoms with van der Waals surface area (Å²) in [5.41, 5.74) is 7.53. The Labute approximate surface area is 105 Å². The molecule has 0 amide bonds. The minimum atomic E-state index is -3.26. The molecule has 6 nitrogen and oxygen atoms in total. The highest BCUT2D eigenvalue weighted by molar-refractivity contribution is 7.90. The molecule has 0 unspecified atom stereocenters. The number of pyridine rings is 1. The molecule has 18 heavy (non-hydrogen) atoms. The van der Waals surface area contributed by atoms with Gasteiger partial charge in [0.25, 0.3) is 0 Å². The monoisotopic (exact) mass is 266 g/mol. The van der Waals surface area contributed by atoms with Crippen LogP contribution < -0.4 is 5.73 Å². The summed E-state index contributed by atoms with van der Waals surface area (Å²) < 4.78 is 24.2. The average molecular weight is 266 g/mol. The molecule has 96 valence electrons. The Morgan fingerprint density at radius 2 is 2.17 bits per heavy atom. The van der Waals surface area contributed by atoms with Gasteiger partial charge < -0.3 is 5.73 Å². The topological polar surface area (TPSA) is 90.9 Å². The molecule has 0 radical (unpaired) electrons. The summed E-state index contributed by atoms with van der Waals surface area (Å²) in [5.74, 6) is 0.562. The van der Waals surface area contributed by atoms with Gasteiger partial charge >= 0.3 is 0 Å². The Bertz CT molecular complexity index is 676. The van der Waals surface area contributed by atoms with E-state index in [1.807, 2.05) is 13.0 Å². The van der Waals surface area contributed by atoms with Gasteiger partial charge in [0, 0.05) is 24.6 Å². The second kappa shape index (κ2) is 4.51. The molecule has 2 aromatic heterocycles. The molecule has 0 aliphatic heterocycles. The molecule has 0 aromatic carbocycles. The number of hydrogen-bond acceptors (Lipinski definition) is 5. The molecule has 0 saturated carbocycles. The molecular weight excluding hydrogens is 252 g/mol. The standard InChI is InChI=1S/C11H14N4O2S/c1-8-3-4-13-11(10(8)5-12)15-7-9(6-14-15)18(2,16)17/h3-4,6-7H,5,12H2,1-2H3. The number of sulfone groups is 1. The van der Waals surface area contributed by atoms with Crippen molar-refractivity contribution in [3.63, 3.8) is 0 Å². The van der Waals surface area contributed by atoms with Gasteiger partial charge in [-0.1, -0.05) is 0 Å².